The van der Waals surface area contributed by atoms with Crippen molar-refractivity contribution in [3.05, 3.63) is 24.2 Å². The molecule has 1 saturated carbocycles. The molecule has 1 aromatic heterocycles. The molecule has 0 spiro atoms. The van der Waals surface area contributed by atoms with Crippen molar-refractivity contribution in [3.63, 3.8) is 0 Å². The Kier molecular flexibility index (Phi) is 3.34. The minimum atomic E-state index is 0.0516. The minimum absolute atomic E-state index is 0.0516. The van der Waals surface area contributed by atoms with Crippen LogP contribution in [0.1, 0.15) is 45.8 Å². The maximum atomic E-state index is 6.54. The van der Waals surface area contributed by atoms with Crippen molar-refractivity contribution in [2.24, 2.45) is 11.8 Å². The van der Waals surface area contributed by atoms with Crippen molar-refractivity contribution in [2.45, 2.75) is 50.8 Å². The summed E-state index contributed by atoms with van der Waals surface area (Å²) in [5.41, 5.74) is 0.0516. The van der Waals surface area contributed by atoms with Crippen LogP contribution >= 0.6 is 11.6 Å². The summed E-state index contributed by atoms with van der Waals surface area (Å²) in [6, 6.07) is 4.04. The molecule has 0 N–H and O–H groups in total. The number of hydrogen-bond acceptors (Lipinski definition) is 1. The van der Waals surface area contributed by atoms with Crippen LogP contribution in [0.25, 0.3) is 0 Å². The summed E-state index contributed by atoms with van der Waals surface area (Å²) in [6.07, 6.45) is 5.39. The van der Waals surface area contributed by atoms with Crippen LogP contribution in [0.3, 0.4) is 0 Å². The Morgan fingerprint density at radius 2 is 2.12 bits per heavy atom. The van der Waals surface area contributed by atoms with Gasteiger partial charge < -0.3 is 4.42 Å². The SMILES string of the molecule is CC1CCC(C(C)(C)c2ccco2)C(Cl)C1. The highest BCUT2D eigenvalue weighted by Crippen LogP contribution is 2.44. The largest absolute Gasteiger partial charge is 0.469 e. The van der Waals surface area contributed by atoms with E-state index in [9.17, 15) is 0 Å². The molecule has 1 aromatic rings. The van der Waals surface area contributed by atoms with E-state index in [1.54, 1.807) is 6.26 Å². The lowest BCUT2D eigenvalue weighted by atomic mass is 9.67. The van der Waals surface area contributed by atoms with Crippen LogP contribution < -0.4 is 0 Å². The molecule has 3 unspecified atom stereocenters. The normalized spacial score (nSPS) is 31.6. The van der Waals surface area contributed by atoms with Crippen LogP contribution in [0.15, 0.2) is 22.8 Å². The zero-order chi connectivity index (χ0) is 11.8. The van der Waals surface area contributed by atoms with Gasteiger partial charge in [0.25, 0.3) is 0 Å². The molecule has 2 heteroatoms. The molecular weight excluding hydrogens is 220 g/mol. The number of rotatable bonds is 2. The Labute approximate surface area is 103 Å². The average molecular weight is 241 g/mol. The van der Waals surface area contributed by atoms with Crippen molar-refractivity contribution < 1.29 is 4.42 Å². The molecule has 90 valence electrons. The van der Waals surface area contributed by atoms with Gasteiger partial charge in [0.2, 0.25) is 0 Å². The van der Waals surface area contributed by atoms with E-state index >= 15 is 0 Å². The van der Waals surface area contributed by atoms with Gasteiger partial charge in [0.05, 0.1) is 6.26 Å². The van der Waals surface area contributed by atoms with Crippen LogP contribution in [0, 0.1) is 11.8 Å². The maximum absolute atomic E-state index is 6.54. The zero-order valence-corrected chi connectivity index (χ0v) is 11.1. The van der Waals surface area contributed by atoms with E-state index in [0.717, 1.165) is 18.1 Å². The summed E-state index contributed by atoms with van der Waals surface area (Å²) in [5.74, 6) is 2.36. The van der Waals surface area contributed by atoms with Crippen molar-refractivity contribution in [3.8, 4) is 0 Å². The molecule has 2 rings (SSSR count). The lowest BCUT2D eigenvalue weighted by Crippen LogP contribution is -2.38. The molecular formula is C14H21ClO. The third kappa shape index (κ3) is 2.15. The van der Waals surface area contributed by atoms with Crippen LogP contribution in [0.5, 0.6) is 0 Å². The fraction of sp³-hybridized carbons (Fsp3) is 0.714. The summed E-state index contributed by atoms with van der Waals surface area (Å²) >= 11 is 6.54. The monoisotopic (exact) mass is 240 g/mol. The highest BCUT2D eigenvalue weighted by molar-refractivity contribution is 6.20. The second-order valence-corrected chi connectivity index (χ2v) is 6.30. The zero-order valence-electron chi connectivity index (χ0n) is 10.4. The van der Waals surface area contributed by atoms with Crippen LogP contribution in [0.2, 0.25) is 0 Å². The van der Waals surface area contributed by atoms with Gasteiger partial charge in [0.15, 0.2) is 0 Å². The predicted molar refractivity (Wildman–Crippen MR) is 67.9 cm³/mol. The first-order valence-corrected chi connectivity index (χ1v) is 6.63. The molecule has 0 aromatic carbocycles. The Morgan fingerprint density at radius 1 is 1.38 bits per heavy atom. The molecule has 1 heterocycles. The van der Waals surface area contributed by atoms with E-state index in [1.807, 2.05) is 6.07 Å². The summed E-state index contributed by atoms with van der Waals surface area (Å²) in [4.78, 5) is 0. The van der Waals surface area contributed by atoms with Gasteiger partial charge in [-0.25, -0.2) is 0 Å². The van der Waals surface area contributed by atoms with Crippen LogP contribution in [-0.4, -0.2) is 5.38 Å². The van der Waals surface area contributed by atoms with E-state index in [2.05, 4.69) is 26.8 Å². The Hall–Kier alpha value is -0.430. The smallest absolute Gasteiger partial charge is 0.109 e. The van der Waals surface area contributed by atoms with Gasteiger partial charge >= 0.3 is 0 Å². The van der Waals surface area contributed by atoms with Crippen molar-refractivity contribution in [1.29, 1.82) is 0 Å². The number of halogens is 1. The van der Waals surface area contributed by atoms with E-state index < -0.39 is 0 Å². The summed E-state index contributed by atoms with van der Waals surface area (Å²) in [5, 5.41) is 0.281. The lowest BCUT2D eigenvalue weighted by molar-refractivity contribution is 0.184. The average Bonchev–Trinajstić information content (AvgIpc) is 2.69. The van der Waals surface area contributed by atoms with Crippen molar-refractivity contribution in [2.75, 3.05) is 0 Å². The summed E-state index contributed by atoms with van der Waals surface area (Å²) in [7, 11) is 0. The van der Waals surface area contributed by atoms with E-state index in [1.165, 1.54) is 12.8 Å². The second-order valence-electron chi connectivity index (χ2n) is 5.74. The molecule has 1 aliphatic carbocycles. The first-order chi connectivity index (χ1) is 7.51. The molecule has 1 nitrogen and oxygen atoms in total. The topological polar surface area (TPSA) is 13.1 Å². The minimum Gasteiger partial charge on any atom is -0.469 e. The number of alkyl halides is 1. The third-order valence-corrected chi connectivity index (χ3v) is 4.60. The predicted octanol–water partition coefficient (Wildman–Crippen LogP) is 4.60. The molecule has 1 aliphatic rings. The van der Waals surface area contributed by atoms with E-state index in [0.29, 0.717) is 5.92 Å². The van der Waals surface area contributed by atoms with Crippen molar-refractivity contribution >= 4 is 11.6 Å². The Morgan fingerprint density at radius 3 is 2.69 bits per heavy atom. The number of hydrogen-bond donors (Lipinski definition) is 0. The summed E-state index contributed by atoms with van der Waals surface area (Å²) in [6.45, 7) is 6.80. The first-order valence-electron chi connectivity index (χ1n) is 6.20. The molecule has 0 radical (unpaired) electrons. The fourth-order valence-electron chi connectivity index (χ4n) is 2.95. The lowest BCUT2D eigenvalue weighted by Gasteiger charge is -2.40. The summed E-state index contributed by atoms with van der Waals surface area (Å²) < 4.78 is 5.57. The second kappa shape index (κ2) is 4.44. The van der Waals surface area contributed by atoms with Gasteiger partial charge in [0, 0.05) is 10.8 Å². The van der Waals surface area contributed by atoms with Crippen molar-refractivity contribution in [1.82, 2.24) is 0 Å². The van der Waals surface area contributed by atoms with Gasteiger partial charge in [-0.2, -0.15) is 0 Å². The highest BCUT2D eigenvalue weighted by Gasteiger charge is 2.40. The van der Waals surface area contributed by atoms with Crippen LogP contribution in [0.4, 0.5) is 0 Å². The van der Waals surface area contributed by atoms with E-state index in [-0.39, 0.29) is 10.8 Å². The highest BCUT2D eigenvalue weighted by atomic mass is 35.5. The molecule has 0 aliphatic heterocycles. The van der Waals surface area contributed by atoms with Gasteiger partial charge in [-0.05, 0) is 36.8 Å². The van der Waals surface area contributed by atoms with Gasteiger partial charge in [0.1, 0.15) is 5.76 Å². The Balaban J connectivity index is 2.17. The Bertz CT molecular complexity index is 329. The molecule has 16 heavy (non-hydrogen) atoms. The van der Waals surface area contributed by atoms with E-state index in [4.69, 9.17) is 16.0 Å². The molecule has 0 saturated heterocycles. The quantitative estimate of drug-likeness (QED) is 0.689. The van der Waals surface area contributed by atoms with Gasteiger partial charge in [-0.1, -0.05) is 27.2 Å². The standard InChI is InChI=1S/C14H21ClO/c1-10-6-7-11(12(15)9-10)14(2,3)13-5-4-8-16-13/h4-5,8,10-12H,6-7,9H2,1-3H3. The van der Waals surface area contributed by atoms with Crippen LogP contribution in [-0.2, 0) is 5.41 Å². The molecule has 0 amide bonds. The number of furan rings is 1. The third-order valence-electron chi connectivity index (χ3n) is 4.12. The molecule has 3 atom stereocenters. The molecule has 0 bridgehead atoms. The molecule has 1 fully saturated rings. The fourth-order valence-corrected chi connectivity index (χ4v) is 3.70. The van der Waals surface area contributed by atoms with Gasteiger partial charge in [-0.15, -0.1) is 11.6 Å². The van der Waals surface area contributed by atoms with Gasteiger partial charge in [-0.3, -0.25) is 0 Å². The maximum Gasteiger partial charge on any atom is 0.109 e. The first kappa shape index (κ1) is 12.0.